The standard InChI is InChI=1S/C21H19F2N5O5S/c22-20(23)33-17-11-12(5-8-24-17)14-3-4-16-15(7-10-32-16)19(14)25-21(29)27-34(30,31)18-6-9-28(26-18)13-1-2-13/h3-6,8-9,11,13,20H,1-2,7,10H2,(H2,25,27,29). The number of carbonyl (C=O) groups is 1. The van der Waals surface area contributed by atoms with Crippen molar-refractivity contribution < 1.29 is 31.5 Å². The number of hydrogen-bond donors (Lipinski definition) is 2. The molecular formula is C21H19F2N5O5S. The third kappa shape index (κ3) is 4.51. The van der Waals surface area contributed by atoms with Gasteiger partial charge in [0.2, 0.25) is 5.88 Å². The molecule has 1 aliphatic heterocycles. The third-order valence-corrected chi connectivity index (χ3v) is 6.60. The molecule has 1 fully saturated rings. The number of pyridine rings is 1. The maximum Gasteiger partial charge on any atom is 0.388 e. The highest BCUT2D eigenvalue weighted by atomic mass is 32.2. The van der Waals surface area contributed by atoms with Crippen LogP contribution in [0, 0.1) is 0 Å². The maximum absolute atomic E-state index is 12.7. The second kappa shape index (κ2) is 8.56. The van der Waals surface area contributed by atoms with Crippen LogP contribution in [0.3, 0.4) is 0 Å². The van der Waals surface area contributed by atoms with Gasteiger partial charge in [-0.3, -0.25) is 4.68 Å². The molecular weight excluding hydrogens is 472 g/mol. The molecule has 1 saturated carbocycles. The number of fused-ring (bicyclic) bond motifs is 1. The number of anilines is 1. The van der Waals surface area contributed by atoms with Gasteiger partial charge in [-0.15, -0.1) is 0 Å². The number of nitrogens with one attached hydrogen (secondary N) is 2. The van der Waals surface area contributed by atoms with Gasteiger partial charge in [0, 0.05) is 36.0 Å². The first-order valence-electron chi connectivity index (χ1n) is 10.4. The number of halogens is 2. The van der Waals surface area contributed by atoms with Crippen LogP contribution in [0.4, 0.5) is 19.3 Å². The van der Waals surface area contributed by atoms with Crippen molar-refractivity contribution in [3.05, 3.63) is 48.3 Å². The van der Waals surface area contributed by atoms with E-state index in [2.05, 4.69) is 20.1 Å². The first-order valence-corrected chi connectivity index (χ1v) is 11.9. The fourth-order valence-electron chi connectivity index (χ4n) is 3.71. The van der Waals surface area contributed by atoms with Crippen LogP contribution >= 0.6 is 0 Å². The zero-order chi connectivity index (χ0) is 23.9. The molecule has 178 valence electrons. The van der Waals surface area contributed by atoms with Gasteiger partial charge in [0.05, 0.1) is 18.3 Å². The summed E-state index contributed by atoms with van der Waals surface area (Å²) >= 11 is 0. The zero-order valence-electron chi connectivity index (χ0n) is 17.6. The lowest BCUT2D eigenvalue weighted by atomic mass is 9.99. The highest BCUT2D eigenvalue weighted by Gasteiger charge is 2.28. The third-order valence-electron chi connectivity index (χ3n) is 5.38. The molecule has 1 aromatic carbocycles. The van der Waals surface area contributed by atoms with E-state index in [1.165, 1.54) is 18.3 Å². The first kappa shape index (κ1) is 22.1. The van der Waals surface area contributed by atoms with E-state index in [1.807, 2.05) is 4.72 Å². The molecule has 0 spiro atoms. The molecule has 3 aromatic rings. The van der Waals surface area contributed by atoms with E-state index in [-0.39, 0.29) is 16.9 Å². The van der Waals surface area contributed by atoms with Crippen molar-refractivity contribution in [1.29, 1.82) is 0 Å². The Morgan fingerprint density at radius 2 is 2.06 bits per heavy atom. The molecule has 10 nitrogen and oxygen atoms in total. The van der Waals surface area contributed by atoms with Crippen LogP contribution in [0.5, 0.6) is 11.6 Å². The van der Waals surface area contributed by atoms with Crippen molar-refractivity contribution in [3.8, 4) is 22.8 Å². The molecule has 3 heterocycles. The molecule has 5 rings (SSSR count). The van der Waals surface area contributed by atoms with Gasteiger partial charge in [-0.25, -0.2) is 14.5 Å². The Balaban J connectivity index is 1.42. The van der Waals surface area contributed by atoms with Gasteiger partial charge in [-0.2, -0.15) is 22.3 Å². The van der Waals surface area contributed by atoms with E-state index >= 15 is 0 Å². The van der Waals surface area contributed by atoms with Gasteiger partial charge >= 0.3 is 12.6 Å². The molecule has 1 aliphatic carbocycles. The smallest absolute Gasteiger partial charge is 0.388 e. The molecule has 2 aliphatic rings. The molecule has 0 saturated heterocycles. The van der Waals surface area contributed by atoms with Crippen molar-refractivity contribution in [2.24, 2.45) is 0 Å². The second-order valence-electron chi connectivity index (χ2n) is 7.75. The van der Waals surface area contributed by atoms with Crippen molar-refractivity contribution in [3.63, 3.8) is 0 Å². The Bertz CT molecular complexity index is 1360. The SMILES string of the molecule is O=C(Nc1c(-c2ccnc(OC(F)F)c2)ccc2c1CCO2)NS(=O)(=O)c1ccn(C2CC2)n1. The highest BCUT2D eigenvalue weighted by Crippen LogP contribution is 2.40. The van der Waals surface area contributed by atoms with Gasteiger partial charge in [-0.05, 0) is 42.7 Å². The molecule has 2 N–H and O–H groups in total. The van der Waals surface area contributed by atoms with Crippen molar-refractivity contribution >= 4 is 21.7 Å². The van der Waals surface area contributed by atoms with Crippen LogP contribution in [0.1, 0.15) is 24.4 Å². The molecule has 2 amide bonds. The minimum absolute atomic E-state index is 0.187. The monoisotopic (exact) mass is 491 g/mol. The van der Waals surface area contributed by atoms with Gasteiger partial charge in [0.15, 0.2) is 5.03 Å². The number of nitrogens with zero attached hydrogens (tertiary/aromatic N) is 3. The number of hydrogen-bond acceptors (Lipinski definition) is 7. The van der Waals surface area contributed by atoms with E-state index in [0.29, 0.717) is 41.2 Å². The number of carbonyl (C=O) groups excluding carboxylic acids is 1. The average molecular weight is 491 g/mol. The van der Waals surface area contributed by atoms with E-state index in [4.69, 9.17) is 4.74 Å². The zero-order valence-corrected chi connectivity index (χ0v) is 18.4. The Labute approximate surface area is 192 Å². The van der Waals surface area contributed by atoms with Gasteiger partial charge < -0.3 is 14.8 Å². The summed E-state index contributed by atoms with van der Waals surface area (Å²) in [6.07, 6.45) is 5.17. The topological polar surface area (TPSA) is 124 Å². The fourth-order valence-corrected chi connectivity index (χ4v) is 4.55. The number of benzene rings is 1. The molecule has 34 heavy (non-hydrogen) atoms. The number of aromatic nitrogens is 3. The average Bonchev–Trinajstić information content (AvgIpc) is 3.30. The van der Waals surface area contributed by atoms with E-state index in [0.717, 1.165) is 12.8 Å². The van der Waals surface area contributed by atoms with Crippen LogP contribution in [0.2, 0.25) is 0 Å². The number of alkyl halides is 2. The Hall–Kier alpha value is -3.74. The van der Waals surface area contributed by atoms with Crippen molar-refractivity contribution in [2.45, 2.75) is 36.9 Å². The Kier molecular flexibility index (Phi) is 5.55. The molecule has 2 aromatic heterocycles. The normalized spacial score (nSPS) is 15.0. The van der Waals surface area contributed by atoms with Gasteiger partial charge in [0.1, 0.15) is 5.75 Å². The number of ether oxygens (including phenoxy) is 2. The fraction of sp³-hybridized carbons (Fsp3) is 0.286. The van der Waals surface area contributed by atoms with Crippen LogP contribution in [0.15, 0.2) is 47.8 Å². The summed E-state index contributed by atoms with van der Waals surface area (Å²) in [7, 11) is -4.21. The molecule has 0 atom stereocenters. The lowest BCUT2D eigenvalue weighted by molar-refractivity contribution is -0.0528. The number of rotatable bonds is 7. The summed E-state index contributed by atoms with van der Waals surface area (Å²) in [6, 6.07) is 6.69. The highest BCUT2D eigenvalue weighted by molar-refractivity contribution is 7.90. The lowest BCUT2D eigenvalue weighted by Crippen LogP contribution is -2.35. The Morgan fingerprint density at radius 1 is 1.24 bits per heavy atom. The predicted molar refractivity (Wildman–Crippen MR) is 115 cm³/mol. The largest absolute Gasteiger partial charge is 0.493 e. The number of sulfonamides is 1. The van der Waals surface area contributed by atoms with E-state index in [9.17, 15) is 22.0 Å². The summed E-state index contributed by atoms with van der Waals surface area (Å²) in [4.78, 5) is 16.5. The number of amides is 2. The first-order chi connectivity index (χ1) is 16.3. The summed E-state index contributed by atoms with van der Waals surface area (Å²) in [6.45, 7) is -2.67. The van der Waals surface area contributed by atoms with Crippen LogP contribution in [-0.4, -0.2) is 42.4 Å². The summed E-state index contributed by atoms with van der Waals surface area (Å²) in [5.74, 6) is 0.233. The summed E-state index contributed by atoms with van der Waals surface area (Å²) < 4.78 is 64.0. The van der Waals surface area contributed by atoms with Crippen LogP contribution < -0.4 is 19.5 Å². The van der Waals surface area contributed by atoms with Crippen LogP contribution in [0.25, 0.3) is 11.1 Å². The maximum atomic E-state index is 12.7. The molecule has 0 unspecified atom stereocenters. The minimum atomic E-state index is -4.21. The van der Waals surface area contributed by atoms with Gasteiger partial charge in [-0.1, -0.05) is 0 Å². The van der Waals surface area contributed by atoms with Crippen molar-refractivity contribution in [2.75, 3.05) is 11.9 Å². The molecule has 0 bridgehead atoms. The summed E-state index contributed by atoms with van der Waals surface area (Å²) in [5.41, 5.74) is 1.83. The summed E-state index contributed by atoms with van der Waals surface area (Å²) in [5, 5.41) is 6.36. The molecule has 0 radical (unpaired) electrons. The number of urea groups is 1. The van der Waals surface area contributed by atoms with Gasteiger partial charge in [0.25, 0.3) is 10.0 Å². The lowest BCUT2D eigenvalue weighted by Gasteiger charge is -2.16. The quantitative estimate of drug-likeness (QED) is 0.519. The van der Waals surface area contributed by atoms with Crippen molar-refractivity contribution in [1.82, 2.24) is 19.5 Å². The predicted octanol–water partition coefficient (Wildman–Crippen LogP) is 3.33. The van der Waals surface area contributed by atoms with Crippen LogP contribution in [-0.2, 0) is 16.4 Å². The minimum Gasteiger partial charge on any atom is -0.493 e. The van der Waals surface area contributed by atoms with E-state index < -0.39 is 22.7 Å². The molecule has 13 heteroatoms. The Morgan fingerprint density at radius 3 is 2.82 bits per heavy atom. The second-order valence-corrected chi connectivity index (χ2v) is 9.38. The van der Waals surface area contributed by atoms with E-state index in [1.54, 1.807) is 29.1 Å².